The van der Waals surface area contributed by atoms with Crippen LogP contribution >= 0.6 is 0 Å². The van der Waals surface area contributed by atoms with Gasteiger partial charge >= 0.3 is 0 Å². The first-order chi connectivity index (χ1) is 13.4. The van der Waals surface area contributed by atoms with Gasteiger partial charge in [0.15, 0.2) is 0 Å². The Balaban J connectivity index is 1.76. The first-order valence-electron chi connectivity index (χ1n) is 9.61. The van der Waals surface area contributed by atoms with E-state index in [1.54, 1.807) is 7.11 Å². The van der Waals surface area contributed by atoms with Gasteiger partial charge in [-0.2, -0.15) is 5.10 Å². The highest BCUT2D eigenvalue weighted by Crippen LogP contribution is 2.22. The molecule has 3 aromatic rings. The smallest absolute Gasteiger partial charge is 0.130 e. The van der Waals surface area contributed by atoms with Crippen LogP contribution in [0.25, 0.3) is 0 Å². The Bertz CT molecular complexity index is 964. The van der Waals surface area contributed by atoms with E-state index in [4.69, 9.17) is 4.74 Å². The first kappa shape index (κ1) is 19.9. The summed E-state index contributed by atoms with van der Waals surface area (Å²) in [5.41, 5.74) is 5.66. The number of hydrogen-bond donors (Lipinski definition) is 1. The average molecular weight is 380 g/mol. The Hall–Kier alpha value is -2.89. The van der Waals surface area contributed by atoms with E-state index in [1.165, 1.54) is 11.3 Å². The molecule has 3 rings (SSSR count). The Kier molecular flexibility index (Phi) is 5.97. The van der Waals surface area contributed by atoms with Crippen molar-refractivity contribution in [1.82, 2.24) is 19.7 Å². The van der Waals surface area contributed by atoms with Crippen LogP contribution in [0.15, 0.2) is 30.3 Å². The van der Waals surface area contributed by atoms with Crippen molar-refractivity contribution in [3.8, 4) is 5.75 Å². The van der Waals surface area contributed by atoms with E-state index < -0.39 is 0 Å². The fourth-order valence-corrected chi connectivity index (χ4v) is 3.29. The molecule has 0 aliphatic heterocycles. The largest absolute Gasteiger partial charge is 0.496 e. The van der Waals surface area contributed by atoms with Crippen molar-refractivity contribution >= 4 is 5.82 Å². The van der Waals surface area contributed by atoms with Gasteiger partial charge in [0.05, 0.1) is 18.5 Å². The minimum absolute atomic E-state index is 0.228. The minimum Gasteiger partial charge on any atom is -0.496 e. The van der Waals surface area contributed by atoms with Gasteiger partial charge in [0.1, 0.15) is 17.4 Å². The van der Waals surface area contributed by atoms with Crippen LogP contribution in [-0.2, 0) is 13.1 Å². The number of nitrogens with zero attached hydrogens (tertiary/aromatic N) is 4. The maximum atomic E-state index is 5.43. The van der Waals surface area contributed by atoms with Gasteiger partial charge in [0.25, 0.3) is 0 Å². The lowest BCUT2D eigenvalue weighted by Gasteiger charge is -2.15. The highest BCUT2D eigenvalue weighted by atomic mass is 16.5. The number of nitrogens with one attached hydrogen (secondary N) is 1. The number of benzene rings is 1. The molecule has 0 amide bonds. The third-order valence-electron chi connectivity index (χ3n) is 5.21. The lowest BCUT2D eigenvalue weighted by molar-refractivity contribution is 0.410. The third kappa shape index (κ3) is 4.32. The number of ether oxygens (including phenoxy) is 1. The molecular weight excluding hydrogens is 350 g/mol. The summed E-state index contributed by atoms with van der Waals surface area (Å²) in [6.07, 6.45) is 0. The Morgan fingerprint density at radius 3 is 2.54 bits per heavy atom. The Labute approximate surface area is 167 Å². The molecule has 0 saturated heterocycles. The van der Waals surface area contributed by atoms with Crippen LogP contribution < -0.4 is 10.1 Å². The van der Waals surface area contributed by atoms with Crippen LogP contribution in [0.1, 0.15) is 46.9 Å². The molecule has 0 fully saturated rings. The fourth-order valence-electron chi connectivity index (χ4n) is 3.29. The van der Waals surface area contributed by atoms with Crippen molar-refractivity contribution in [3.63, 3.8) is 0 Å². The molecule has 148 valence electrons. The zero-order valence-electron chi connectivity index (χ0n) is 17.6. The molecule has 1 aromatic carbocycles. The Morgan fingerprint density at radius 1 is 1.11 bits per heavy atom. The van der Waals surface area contributed by atoms with Gasteiger partial charge in [-0.1, -0.05) is 25.1 Å². The van der Waals surface area contributed by atoms with Crippen molar-refractivity contribution in [3.05, 3.63) is 64.4 Å². The zero-order chi connectivity index (χ0) is 20.3. The highest BCUT2D eigenvalue weighted by Gasteiger charge is 2.15. The molecule has 0 spiro atoms. The second-order valence-corrected chi connectivity index (χ2v) is 7.27. The molecule has 2 heterocycles. The second-order valence-electron chi connectivity index (χ2n) is 7.27. The van der Waals surface area contributed by atoms with Crippen molar-refractivity contribution in [2.45, 2.75) is 53.6 Å². The van der Waals surface area contributed by atoms with Crippen molar-refractivity contribution < 1.29 is 4.74 Å². The highest BCUT2D eigenvalue weighted by molar-refractivity contribution is 5.41. The molecule has 1 N–H and O–H groups in total. The van der Waals surface area contributed by atoms with Crippen LogP contribution in [0.4, 0.5) is 5.82 Å². The summed E-state index contributed by atoms with van der Waals surface area (Å²) in [6, 6.07) is 10.0. The zero-order valence-corrected chi connectivity index (χ0v) is 17.6. The third-order valence-corrected chi connectivity index (χ3v) is 5.21. The molecule has 6 nitrogen and oxygen atoms in total. The molecule has 2 aromatic heterocycles. The van der Waals surface area contributed by atoms with Crippen LogP contribution in [0, 0.1) is 27.7 Å². The molecule has 0 unspecified atom stereocenters. The van der Waals surface area contributed by atoms with E-state index in [2.05, 4.69) is 58.8 Å². The van der Waals surface area contributed by atoms with Crippen molar-refractivity contribution in [1.29, 1.82) is 0 Å². The maximum Gasteiger partial charge on any atom is 0.130 e. The monoisotopic (exact) mass is 379 g/mol. The molecule has 0 aliphatic carbocycles. The van der Waals surface area contributed by atoms with E-state index >= 15 is 0 Å². The molecule has 0 aliphatic rings. The van der Waals surface area contributed by atoms with E-state index in [0.717, 1.165) is 40.9 Å². The molecule has 0 radical (unpaired) electrons. The number of methoxy groups -OCH3 is 1. The Morgan fingerprint density at radius 2 is 1.86 bits per heavy atom. The standard InChI is InChI=1S/C22H29N5O/c1-14(13-27-17(4)15(2)16(3)26-27)20-11-22(25-18(5)24-20)23-12-19-9-7-8-10-21(19)28-6/h7-11,14H,12-13H2,1-6H3,(H,23,24,25)/t14-/m1/s1. The number of anilines is 1. The second kappa shape index (κ2) is 8.42. The average Bonchev–Trinajstić information content (AvgIpc) is 2.92. The summed E-state index contributed by atoms with van der Waals surface area (Å²) in [7, 11) is 1.69. The van der Waals surface area contributed by atoms with Crippen LogP contribution in [-0.4, -0.2) is 26.9 Å². The predicted molar refractivity (Wildman–Crippen MR) is 112 cm³/mol. The van der Waals surface area contributed by atoms with E-state index in [0.29, 0.717) is 6.54 Å². The van der Waals surface area contributed by atoms with E-state index in [1.807, 2.05) is 31.2 Å². The minimum atomic E-state index is 0.228. The molecule has 0 bridgehead atoms. The summed E-state index contributed by atoms with van der Waals surface area (Å²) in [5.74, 6) is 2.68. The first-order valence-corrected chi connectivity index (χ1v) is 9.61. The number of aromatic nitrogens is 4. The quantitative estimate of drug-likeness (QED) is 0.662. The number of rotatable bonds is 7. The molecule has 1 atom stereocenters. The van der Waals surface area contributed by atoms with Crippen LogP contribution in [0.3, 0.4) is 0 Å². The van der Waals surface area contributed by atoms with Gasteiger partial charge in [-0.25, -0.2) is 9.97 Å². The van der Waals surface area contributed by atoms with Crippen LogP contribution in [0.2, 0.25) is 0 Å². The summed E-state index contributed by atoms with van der Waals surface area (Å²) in [6.45, 7) is 11.8. The van der Waals surface area contributed by atoms with Gasteiger partial charge in [0.2, 0.25) is 0 Å². The summed E-state index contributed by atoms with van der Waals surface area (Å²) >= 11 is 0. The van der Waals surface area contributed by atoms with Gasteiger partial charge < -0.3 is 10.1 Å². The maximum absolute atomic E-state index is 5.43. The molecule has 28 heavy (non-hydrogen) atoms. The number of hydrogen-bond acceptors (Lipinski definition) is 5. The summed E-state index contributed by atoms with van der Waals surface area (Å²) < 4.78 is 7.50. The summed E-state index contributed by atoms with van der Waals surface area (Å²) in [5, 5.41) is 8.07. The number of para-hydroxylation sites is 1. The van der Waals surface area contributed by atoms with Gasteiger partial charge in [0, 0.05) is 36.3 Å². The normalized spacial score (nSPS) is 12.1. The predicted octanol–water partition coefficient (Wildman–Crippen LogP) is 4.33. The van der Waals surface area contributed by atoms with Crippen LogP contribution in [0.5, 0.6) is 5.75 Å². The van der Waals surface area contributed by atoms with E-state index in [-0.39, 0.29) is 5.92 Å². The molecular formula is C22H29N5O. The summed E-state index contributed by atoms with van der Waals surface area (Å²) in [4.78, 5) is 9.20. The lowest BCUT2D eigenvalue weighted by Crippen LogP contribution is -2.13. The SMILES string of the molecule is COc1ccccc1CNc1cc([C@H](C)Cn2nc(C)c(C)c2C)nc(C)n1. The number of aryl methyl sites for hydroxylation is 2. The van der Waals surface area contributed by atoms with Crippen molar-refractivity contribution in [2.75, 3.05) is 12.4 Å². The van der Waals surface area contributed by atoms with Crippen molar-refractivity contribution in [2.24, 2.45) is 0 Å². The van der Waals surface area contributed by atoms with E-state index in [9.17, 15) is 0 Å². The van der Waals surface area contributed by atoms with Gasteiger partial charge in [-0.15, -0.1) is 0 Å². The van der Waals surface area contributed by atoms with Gasteiger partial charge in [-0.3, -0.25) is 4.68 Å². The topological polar surface area (TPSA) is 64.9 Å². The molecule has 0 saturated carbocycles. The lowest BCUT2D eigenvalue weighted by atomic mass is 10.1. The fraction of sp³-hybridized carbons (Fsp3) is 0.409. The molecule has 6 heteroatoms. The van der Waals surface area contributed by atoms with Gasteiger partial charge in [-0.05, 0) is 39.3 Å².